The Morgan fingerprint density at radius 2 is 1.15 bits per heavy atom. The Labute approximate surface area is 122 Å². The van der Waals surface area contributed by atoms with Crippen molar-refractivity contribution in [2.45, 2.75) is 19.6 Å². The lowest BCUT2D eigenvalue weighted by molar-refractivity contribution is 1.53. The van der Waals surface area contributed by atoms with E-state index in [2.05, 4.69) is 86.0 Å². The fourth-order valence-electron chi connectivity index (χ4n) is 2.69. The van der Waals surface area contributed by atoms with E-state index in [9.17, 15) is 0 Å². The summed E-state index contributed by atoms with van der Waals surface area (Å²) in [7, 11) is -1.29. The highest BCUT2D eigenvalue weighted by molar-refractivity contribution is 6.81. The van der Waals surface area contributed by atoms with Crippen LogP contribution in [-0.2, 0) is 0 Å². The Hall–Kier alpha value is -1.86. The SMILES string of the molecule is C[Si](C)(C)C=C1c2ccccc2C=Cc2ccccc21. The Morgan fingerprint density at radius 1 is 0.700 bits per heavy atom. The lowest BCUT2D eigenvalue weighted by Crippen LogP contribution is -2.17. The lowest BCUT2D eigenvalue weighted by atomic mass is 9.95. The fourth-order valence-corrected chi connectivity index (χ4v) is 3.87. The Morgan fingerprint density at radius 3 is 1.60 bits per heavy atom. The van der Waals surface area contributed by atoms with Crippen LogP contribution in [0.15, 0.2) is 54.2 Å². The molecule has 3 rings (SSSR count). The first-order valence-electron chi connectivity index (χ1n) is 7.14. The average molecular weight is 276 g/mol. The third-order valence-electron chi connectivity index (χ3n) is 3.52. The highest BCUT2D eigenvalue weighted by Crippen LogP contribution is 2.34. The van der Waals surface area contributed by atoms with Crippen LogP contribution in [0.4, 0.5) is 0 Å². The summed E-state index contributed by atoms with van der Waals surface area (Å²) in [4.78, 5) is 0. The molecule has 0 bridgehead atoms. The Bertz CT molecular complexity index is 648. The second kappa shape index (κ2) is 4.91. The minimum absolute atomic E-state index is 1.29. The molecule has 1 aliphatic rings. The van der Waals surface area contributed by atoms with Gasteiger partial charge in [-0.2, -0.15) is 0 Å². The zero-order valence-electron chi connectivity index (χ0n) is 12.4. The quantitative estimate of drug-likeness (QED) is 0.516. The molecule has 0 spiro atoms. The number of rotatable bonds is 1. The van der Waals surface area contributed by atoms with Gasteiger partial charge in [0.1, 0.15) is 0 Å². The Kier molecular flexibility index (Phi) is 3.23. The fraction of sp³-hybridized carbons (Fsp3) is 0.158. The number of hydrogen-bond donors (Lipinski definition) is 0. The number of benzene rings is 2. The van der Waals surface area contributed by atoms with Gasteiger partial charge in [0.25, 0.3) is 0 Å². The maximum atomic E-state index is 2.53. The zero-order valence-corrected chi connectivity index (χ0v) is 13.4. The van der Waals surface area contributed by atoms with Gasteiger partial charge in [-0.05, 0) is 27.8 Å². The molecule has 0 amide bonds. The van der Waals surface area contributed by atoms with Gasteiger partial charge in [0.05, 0.1) is 8.07 Å². The first-order valence-corrected chi connectivity index (χ1v) is 10.7. The maximum absolute atomic E-state index is 2.53. The molecule has 0 saturated carbocycles. The molecule has 0 fully saturated rings. The van der Waals surface area contributed by atoms with Crippen LogP contribution < -0.4 is 0 Å². The van der Waals surface area contributed by atoms with Gasteiger partial charge in [-0.1, -0.05) is 86.0 Å². The van der Waals surface area contributed by atoms with Gasteiger partial charge in [0.15, 0.2) is 0 Å². The van der Waals surface area contributed by atoms with E-state index in [4.69, 9.17) is 0 Å². The van der Waals surface area contributed by atoms with Crippen molar-refractivity contribution in [1.82, 2.24) is 0 Å². The summed E-state index contributed by atoms with van der Waals surface area (Å²) >= 11 is 0. The van der Waals surface area contributed by atoms with Crippen LogP contribution in [0.1, 0.15) is 22.3 Å². The second-order valence-electron chi connectivity index (χ2n) is 6.43. The van der Waals surface area contributed by atoms with Crippen molar-refractivity contribution >= 4 is 25.8 Å². The molecule has 2 aromatic carbocycles. The standard InChI is InChI=1S/C19H20Si/c1-20(2,3)14-19-17-10-6-4-8-15(17)12-13-16-9-5-7-11-18(16)19/h4-14H,1-3H3. The monoisotopic (exact) mass is 276 g/mol. The van der Waals surface area contributed by atoms with Crippen LogP contribution in [0.25, 0.3) is 17.7 Å². The molecular weight excluding hydrogens is 256 g/mol. The normalized spacial score (nSPS) is 13.4. The number of fused-ring (bicyclic) bond motifs is 2. The second-order valence-corrected chi connectivity index (χ2v) is 11.5. The van der Waals surface area contributed by atoms with E-state index in [1.165, 1.54) is 27.8 Å². The summed E-state index contributed by atoms with van der Waals surface area (Å²) < 4.78 is 0. The highest BCUT2D eigenvalue weighted by atomic mass is 28.3. The molecule has 0 heterocycles. The Balaban J connectivity index is 2.32. The molecule has 1 heteroatoms. The molecule has 0 nitrogen and oxygen atoms in total. The smallest absolute Gasteiger partial charge is 0.0695 e. The van der Waals surface area contributed by atoms with Crippen molar-refractivity contribution in [2.75, 3.05) is 0 Å². The van der Waals surface area contributed by atoms with Crippen LogP contribution in [0.3, 0.4) is 0 Å². The minimum Gasteiger partial charge on any atom is -0.0867 e. The molecule has 0 unspecified atom stereocenters. The lowest BCUT2D eigenvalue weighted by Gasteiger charge is -2.17. The average Bonchev–Trinajstić information content (AvgIpc) is 2.56. The molecule has 100 valence electrons. The van der Waals surface area contributed by atoms with Crippen molar-refractivity contribution in [2.24, 2.45) is 0 Å². The summed E-state index contributed by atoms with van der Waals surface area (Å²) in [6.07, 6.45) is 4.47. The van der Waals surface area contributed by atoms with E-state index in [1.54, 1.807) is 0 Å². The van der Waals surface area contributed by atoms with Crippen molar-refractivity contribution in [3.8, 4) is 0 Å². The van der Waals surface area contributed by atoms with E-state index >= 15 is 0 Å². The molecule has 0 N–H and O–H groups in total. The zero-order chi connectivity index (χ0) is 14.2. The molecule has 1 aliphatic carbocycles. The van der Waals surface area contributed by atoms with Crippen molar-refractivity contribution in [1.29, 1.82) is 0 Å². The van der Waals surface area contributed by atoms with E-state index in [1.807, 2.05) is 0 Å². The van der Waals surface area contributed by atoms with Gasteiger partial charge >= 0.3 is 0 Å². The summed E-state index contributed by atoms with van der Waals surface area (Å²) in [5.74, 6) is 0. The van der Waals surface area contributed by atoms with Crippen LogP contribution in [0, 0.1) is 0 Å². The van der Waals surface area contributed by atoms with Crippen LogP contribution in [-0.4, -0.2) is 8.07 Å². The molecule has 0 aromatic heterocycles. The van der Waals surface area contributed by atoms with Crippen molar-refractivity contribution in [3.63, 3.8) is 0 Å². The maximum Gasteiger partial charge on any atom is 0.0695 e. The van der Waals surface area contributed by atoms with Gasteiger partial charge in [0, 0.05) is 0 Å². The summed E-state index contributed by atoms with van der Waals surface area (Å²) in [5, 5.41) is 0. The summed E-state index contributed by atoms with van der Waals surface area (Å²) in [6, 6.07) is 17.4. The molecule has 0 atom stereocenters. The predicted octanol–water partition coefficient (Wildman–Crippen LogP) is 5.48. The largest absolute Gasteiger partial charge is 0.0867 e. The topological polar surface area (TPSA) is 0 Å². The number of hydrogen-bond acceptors (Lipinski definition) is 0. The van der Waals surface area contributed by atoms with Crippen molar-refractivity contribution in [3.05, 3.63) is 76.5 Å². The molecule has 2 aromatic rings. The van der Waals surface area contributed by atoms with E-state index in [0.29, 0.717) is 0 Å². The molecule has 0 saturated heterocycles. The third kappa shape index (κ3) is 2.54. The minimum atomic E-state index is -1.29. The van der Waals surface area contributed by atoms with Gasteiger partial charge in [-0.15, -0.1) is 0 Å². The van der Waals surface area contributed by atoms with E-state index in [-0.39, 0.29) is 0 Å². The molecule has 0 radical (unpaired) electrons. The van der Waals surface area contributed by atoms with Crippen LogP contribution in [0.5, 0.6) is 0 Å². The van der Waals surface area contributed by atoms with E-state index < -0.39 is 8.07 Å². The van der Waals surface area contributed by atoms with Crippen LogP contribution >= 0.6 is 0 Å². The van der Waals surface area contributed by atoms with Gasteiger partial charge < -0.3 is 0 Å². The highest BCUT2D eigenvalue weighted by Gasteiger charge is 2.18. The summed E-state index contributed by atoms with van der Waals surface area (Å²) in [6.45, 7) is 7.18. The van der Waals surface area contributed by atoms with Gasteiger partial charge in [-0.25, -0.2) is 0 Å². The van der Waals surface area contributed by atoms with Gasteiger partial charge in [0.2, 0.25) is 0 Å². The molecule has 0 aliphatic heterocycles. The third-order valence-corrected chi connectivity index (χ3v) is 4.68. The predicted molar refractivity (Wildman–Crippen MR) is 92.2 cm³/mol. The first kappa shape index (κ1) is 13.1. The summed E-state index contributed by atoms with van der Waals surface area (Å²) in [5.41, 5.74) is 9.27. The molecule has 20 heavy (non-hydrogen) atoms. The first-order chi connectivity index (χ1) is 9.54. The van der Waals surface area contributed by atoms with Gasteiger partial charge in [-0.3, -0.25) is 0 Å². The molecular formula is C19H20Si. The van der Waals surface area contributed by atoms with E-state index in [0.717, 1.165) is 0 Å². The van der Waals surface area contributed by atoms with Crippen LogP contribution in [0.2, 0.25) is 19.6 Å². The van der Waals surface area contributed by atoms with Crippen molar-refractivity contribution < 1.29 is 0 Å².